The summed E-state index contributed by atoms with van der Waals surface area (Å²) in [5.74, 6) is 0. The van der Waals surface area contributed by atoms with Gasteiger partial charge in [0, 0.05) is 26.2 Å². The SMILES string of the molecule is CN(O)CC1CCCCN1Cc1ccccc1. The minimum absolute atomic E-state index is 0.485. The Morgan fingerprint density at radius 2 is 2.06 bits per heavy atom. The van der Waals surface area contributed by atoms with Gasteiger partial charge in [-0.3, -0.25) is 4.90 Å². The highest BCUT2D eigenvalue weighted by Crippen LogP contribution is 2.19. The van der Waals surface area contributed by atoms with Crippen LogP contribution < -0.4 is 0 Å². The standard InChI is InChI=1S/C14H22N2O/c1-15(17)12-14-9-5-6-10-16(14)11-13-7-3-2-4-8-13/h2-4,7-8,14,17H,5-6,9-12H2,1H3. The Labute approximate surface area is 104 Å². The molecule has 0 aliphatic carbocycles. The van der Waals surface area contributed by atoms with Crippen LogP contribution in [-0.2, 0) is 6.54 Å². The molecule has 0 bridgehead atoms. The van der Waals surface area contributed by atoms with Crippen LogP contribution in [-0.4, -0.2) is 41.3 Å². The summed E-state index contributed by atoms with van der Waals surface area (Å²) in [6, 6.07) is 11.1. The molecule has 1 N–H and O–H groups in total. The van der Waals surface area contributed by atoms with Gasteiger partial charge in [-0.25, -0.2) is 0 Å². The van der Waals surface area contributed by atoms with E-state index in [0.29, 0.717) is 6.04 Å². The van der Waals surface area contributed by atoms with E-state index >= 15 is 0 Å². The monoisotopic (exact) mass is 234 g/mol. The van der Waals surface area contributed by atoms with Crippen LogP contribution in [0.4, 0.5) is 0 Å². The van der Waals surface area contributed by atoms with Crippen molar-refractivity contribution in [2.24, 2.45) is 0 Å². The van der Waals surface area contributed by atoms with Gasteiger partial charge < -0.3 is 5.21 Å². The second-order valence-electron chi connectivity index (χ2n) is 4.95. The Hall–Kier alpha value is -0.900. The minimum atomic E-state index is 0.485. The Morgan fingerprint density at radius 1 is 1.29 bits per heavy atom. The summed E-state index contributed by atoms with van der Waals surface area (Å²) in [4.78, 5) is 2.49. The van der Waals surface area contributed by atoms with Crippen LogP contribution in [0.5, 0.6) is 0 Å². The second-order valence-corrected chi connectivity index (χ2v) is 4.95. The van der Waals surface area contributed by atoms with Crippen molar-refractivity contribution in [1.29, 1.82) is 0 Å². The minimum Gasteiger partial charge on any atom is -0.314 e. The molecule has 2 rings (SSSR count). The fraction of sp³-hybridized carbons (Fsp3) is 0.571. The first-order chi connectivity index (χ1) is 8.25. The molecule has 94 valence electrons. The van der Waals surface area contributed by atoms with Crippen molar-refractivity contribution in [1.82, 2.24) is 9.96 Å². The molecular formula is C14H22N2O. The highest BCUT2D eigenvalue weighted by molar-refractivity contribution is 5.14. The van der Waals surface area contributed by atoms with Crippen molar-refractivity contribution in [2.75, 3.05) is 20.1 Å². The van der Waals surface area contributed by atoms with Crippen molar-refractivity contribution in [2.45, 2.75) is 31.8 Å². The number of likely N-dealkylation sites (N-methyl/N-ethyl adjacent to an activating group) is 1. The van der Waals surface area contributed by atoms with Gasteiger partial charge in [0.2, 0.25) is 0 Å². The molecule has 1 saturated heterocycles. The van der Waals surface area contributed by atoms with Crippen LogP contribution in [0.2, 0.25) is 0 Å². The number of likely N-dealkylation sites (tertiary alicyclic amines) is 1. The summed E-state index contributed by atoms with van der Waals surface area (Å²) in [6.45, 7) is 2.89. The molecule has 0 radical (unpaired) electrons. The zero-order valence-corrected chi connectivity index (χ0v) is 10.5. The third-order valence-corrected chi connectivity index (χ3v) is 3.45. The van der Waals surface area contributed by atoms with Crippen molar-refractivity contribution in [3.63, 3.8) is 0 Å². The smallest absolute Gasteiger partial charge is 0.0391 e. The van der Waals surface area contributed by atoms with Crippen molar-refractivity contribution in [3.05, 3.63) is 35.9 Å². The predicted octanol–water partition coefficient (Wildman–Crippen LogP) is 2.36. The van der Waals surface area contributed by atoms with Crippen LogP contribution in [0.1, 0.15) is 24.8 Å². The molecule has 0 amide bonds. The summed E-state index contributed by atoms with van der Waals surface area (Å²) in [5.41, 5.74) is 1.36. The highest BCUT2D eigenvalue weighted by Gasteiger charge is 2.23. The average Bonchev–Trinajstić information content (AvgIpc) is 2.32. The molecule has 3 heteroatoms. The molecule has 0 aromatic heterocycles. The fourth-order valence-electron chi connectivity index (χ4n) is 2.60. The quantitative estimate of drug-likeness (QED) is 0.810. The van der Waals surface area contributed by atoms with Crippen LogP contribution in [0.3, 0.4) is 0 Å². The van der Waals surface area contributed by atoms with Crippen LogP contribution in [0, 0.1) is 0 Å². The van der Waals surface area contributed by atoms with Crippen molar-refractivity contribution >= 4 is 0 Å². The van der Waals surface area contributed by atoms with Gasteiger partial charge in [0.05, 0.1) is 0 Å². The molecule has 1 aliphatic rings. The molecule has 1 aromatic carbocycles. The first-order valence-electron chi connectivity index (χ1n) is 6.43. The maximum Gasteiger partial charge on any atom is 0.0391 e. The third-order valence-electron chi connectivity index (χ3n) is 3.45. The molecule has 1 aromatic rings. The lowest BCUT2D eigenvalue weighted by atomic mass is 10.0. The molecule has 1 atom stereocenters. The molecule has 1 aliphatic heterocycles. The first kappa shape index (κ1) is 12.6. The fourth-order valence-corrected chi connectivity index (χ4v) is 2.60. The topological polar surface area (TPSA) is 26.7 Å². The molecule has 17 heavy (non-hydrogen) atoms. The number of hydroxylamine groups is 2. The number of nitrogens with zero attached hydrogens (tertiary/aromatic N) is 2. The Kier molecular flexibility index (Phi) is 4.54. The Bertz CT molecular complexity index is 326. The van der Waals surface area contributed by atoms with Crippen LogP contribution >= 0.6 is 0 Å². The number of hydrogen-bond acceptors (Lipinski definition) is 3. The lowest BCUT2D eigenvalue weighted by molar-refractivity contribution is -0.0867. The Morgan fingerprint density at radius 3 is 2.76 bits per heavy atom. The Balaban J connectivity index is 1.96. The van der Waals surface area contributed by atoms with E-state index in [9.17, 15) is 5.21 Å². The maximum absolute atomic E-state index is 9.40. The molecule has 1 fully saturated rings. The van der Waals surface area contributed by atoms with Gasteiger partial charge in [-0.05, 0) is 24.9 Å². The molecule has 0 spiro atoms. The normalized spacial score (nSPS) is 21.9. The largest absolute Gasteiger partial charge is 0.314 e. The van der Waals surface area contributed by atoms with E-state index in [2.05, 4.69) is 35.2 Å². The van der Waals surface area contributed by atoms with Gasteiger partial charge in [0.25, 0.3) is 0 Å². The summed E-state index contributed by atoms with van der Waals surface area (Å²) < 4.78 is 0. The third kappa shape index (κ3) is 3.80. The zero-order valence-electron chi connectivity index (χ0n) is 10.5. The van der Waals surface area contributed by atoms with Crippen molar-refractivity contribution < 1.29 is 5.21 Å². The van der Waals surface area contributed by atoms with Crippen LogP contribution in [0.15, 0.2) is 30.3 Å². The van der Waals surface area contributed by atoms with E-state index in [1.54, 1.807) is 7.05 Å². The molecule has 1 heterocycles. The molecule has 1 unspecified atom stereocenters. The van der Waals surface area contributed by atoms with Gasteiger partial charge in [0.1, 0.15) is 0 Å². The van der Waals surface area contributed by atoms with E-state index < -0.39 is 0 Å². The lowest BCUT2D eigenvalue weighted by Gasteiger charge is -2.36. The number of rotatable bonds is 4. The van der Waals surface area contributed by atoms with E-state index in [-0.39, 0.29) is 0 Å². The van der Waals surface area contributed by atoms with E-state index in [1.807, 2.05) is 0 Å². The highest BCUT2D eigenvalue weighted by atomic mass is 16.5. The molecule has 0 saturated carbocycles. The van der Waals surface area contributed by atoms with E-state index in [0.717, 1.165) is 19.6 Å². The van der Waals surface area contributed by atoms with Gasteiger partial charge >= 0.3 is 0 Å². The lowest BCUT2D eigenvalue weighted by Crippen LogP contribution is -2.44. The second kappa shape index (κ2) is 6.15. The molecular weight excluding hydrogens is 212 g/mol. The van der Waals surface area contributed by atoms with Crippen LogP contribution in [0.25, 0.3) is 0 Å². The van der Waals surface area contributed by atoms with Gasteiger partial charge in [0.15, 0.2) is 0 Å². The number of benzene rings is 1. The van der Waals surface area contributed by atoms with Crippen molar-refractivity contribution in [3.8, 4) is 0 Å². The average molecular weight is 234 g/mol. The van der Waals surface area contributed by atoms with E-state index in [4.69, 9.17) is 0 Å². The number of hydrogen-bond donors (Lipinski definition) is 1. The predicted molar refractivity (Wildman–Crippen MR) is 68.9 cm³/mol. The number of piperidine rings is 1. The summed E-state index contributed by atoms with van der Waals surface area (Å²) in [6.07, 6.45) is 3.75. The zero-order chi connectivity index (χ0) is 12.1. The summed E-state index contributed by atoms with van der Waals surface area (Å²) >= 11 is 0. The van der Waals surface area contributed by atoms with Gasteiger partial charge in [-0.15, -0.1) is 0 Å². The van der Waals surface area contributed by atoms with Gasteiger partial charge in [-0.1, -0.05) is 36.8 Å². The van der Waals surface area contributed by atoms with Gasteiger partial charge in [-0.2, -0.15) is 5.06 Å². The molecule has 3 nitrogen and oxygen atoms in total. The summed E-state index contributed by atoms with van der Waals surface area (Å²) in [7, 11) is 1.73. The first-order valence-corrected chi connectivity index (χ1v) is 6.43. The maximum atomic E-state index is 9.40. The van der Waals surface area contributed by atoms with E-state index in [1.165, 1.54) is 29.9 Å². The summed E-state index contributed by atoms with van der Waals surface area (Å²) in [5, 5.41) is 10.7.